The minimum atomic E-state index is -0.533. The summed E-state index contributed by atoms with van der Waals surface area (Å²) in [6.07, 6.45) is 6.27. The van der Waals surface area contributed by atoms with Crippen molar-refractivity contribution < 1.29 is 4.79 Å². The van der Waals surface area contributed by atoms with Crippen LogP contribution < -0.4 is 10.5 Å². The Morgan fingerprint density at radius 1 is 0.822 bits per heavy atom. The van der Waals surface area contributed by atoms with Gasteiger partial charge in [0.15, 0.2) is 5.16 Å². The molecule has 0 N–H and O–H groups in total. The number of rotatable bonds is 6. The zero-order valence-electron chi connectivity index (χ0n) is 25.8. The molecule has 2 aliphatic rings. The van der Waals surface area contributed by atoms with Crippen LogP contribution >= 0.6 is 11.8 Å². The molecule has 2 aliphatic carbocycles. The second kappa shape index (κ2) is 12.2. The molecule has 7 rings (SSSR count). The van der Waals surface area contributed by atoms with Gasteiger partial charge in [-0.25, -0.2) is 4.98 Å². The van der Waals surface area contributed by atoms with Gasteiger partial charge in [0, 0.05) is 22.4 Å². The quantitative estimate of drug-likeness (QED) is 0.142. The van der Waals surface area contributed by atoms with E-state index in [0.717, 1.165) is 71.6 Å². The molecule has 0 aliphatic heterocycles. The van der Waals surface area contributed by atoms with E-state index in [2.05, 4.69) is 18.2 Å². The molecular weight excluding hydrogens is 575 g/mol. The molecule has 0 radical (unpaired) electrons. The average Bonchev–Trinajstić information content (AvgIpc) is 3.07. The summed E-state index contributed by atoms with van der Waals surface area (Å²) < 4.78 is 1.77. The number of hydrogen-bond donors (Lipinski definition) is 0. The molecule has 6 heteroatoms. The largest absolute Gasteiger partial charge is 0.280 e. The van der Waals surface area contributed by atoms with E-state index in [1.54, 1.807) is 9.47 Å². The van der Waals surface area contributed by atoms with Crippen molar-refractivity contribution in [3.8, 4) is 16.9 Å². The maximum absolute atomic E-state index is 14.9. The van der Waals surface area contributed by atoms with Crippen molar-refractivity contribution in [1.82, 2.24) is 9.55 Å². The van der Waals surface area contributed by atoms with Crippen molar-refractivity contribution in [2.75, 3.05) is 4.90 Å². The van der Waals surface area contributed by atoms with Crippen LogP contribution in [0.5, 0.6) is 0 Å². The second-order valence-electron chi connectivity index (χ2n) is 12.4. The van der Waals surface area contributed by atoms with Crippen LogP contribution in [0.4, 0.5) is 11.4 Å². The van der Waals surface area contributed by atoms with E-state index in [0.29, 0.717) is 5.16 Å². The Labute approximate surface area is 269 Å². The number of fused-ring (bicyclic) bond motifs is 4. The van der Waals surface area contributed by atoms with E-state index >= 15 is 0 Å². The zero-order chi connectivity index (χ0) is 31.0. The van der Waals surface area contributed by atoms with Gasteiger partial charge in [-0.05, 0) is 75.1 Å². The summed E-state index contributed by atoms with van der Waals surface area (Å²) in [5, 5.41) is 0.00160. The summed E-state index contributed by atoms with van der Waals surface area (Å²) in [6, 6.07) is 35.9. The van der Waals surface area contributed by atoms with Gasteiger partial charge in [0.05, 0.1) is 22.2 Å². The fraction of sp³-hybridized carbons (Fsp3) is 0.256. The van der Waals surface area contributed by atoms with E-state index in [1.165, 1.54) is 23.7 Å². The van der Waals surface area contributed by atoms with Crippen LogP contribution in [0.2, 0.25) is 0 Å². The molecule has 1 fully saturated rings. The molecule has 0 unspecified atom stereocenters. The van der Waals surface area contributed by atoms with E-state index in [1.807, 2.05) is 105 Å². The van der Waals surface area contributed by atoms with Gasteiger partial charge in [-0.2, -0.15) is 0 Å². The molecule has 1 amide bonds. The van der Waals surface area contributed by atoms with E-state index in [4.69, 9.17) is 4.98 Å². The third-order valence-electron chi connectivity index (χ3n) is 9.37. The molecule has 5 aromatic rings. The monoisotopic (exact) mass is 611 g/mol. The van der Waals surface area contributed by atoms with Crippen LogP contribution in [0.3, 0.4) is 0 Å². The number of benzene rings is 4. The average molecular weight is 612 g/mol. The Morgan fingerprint density at radius 3 is 2.07 bits per heavy atom. The minimum Gasteiger partial charge on any atom is -0.280 e. The first-order valence-electron chi connectivity index (χ1n) is 15.9. The summed E-state index contributed by atoms with van der Waals surface area (Å²) in [4.78, 5) is 36.4. The highest BCUT2D eigenvalue weighted by Crippen LogP contribution is 2.49. The molecule has 0 bridgehead atoms. The van der Waals surface area contributed by atoms with Gasteiger partial charge >= 0.3 is 0 Å². The third-order valence-corrected chi connectivity index (χ3v) is 10.4. The van der Waals surface area contributed by atoms with Crippen molar-refractivity contribution >= 4 is 29.0 Å². The van der Waals surface area contributed by atoms with Crippen molar-refractivity contribution in [2.24, 2.45) is 0 Å². The molecule has 1 atom stereocenters. The van der Waals surface area contributed by atoms with Crippen molar-refractivity contribution in [2.45, 2.75) is 68.2 Å². The first-order chi connectivity index (χ1) is 21.9. The van der Waals surface area contributed by atoms with Crippen LogP contribution in [-0.2, 0) is 16.6 Å². The zero-order valence-corrected chi connectivity index (χ0v) is 26.6. The van der Waals surface area contributed by atoms with Gasteiger partial charge in [0.1, 0.15) is 0 Å². The second-order valence-corrected chi connectivity index (χ2v) is 13.7. The van der Waals surface area contributed by atoms with Gasteiger partial charge in [-0.15, -0.1) is 0 Å². The lowest BCUT2D eigenvalue weighted by Crippen LogP contribution is -2.43. The number of hydrogen-bond acceptors (Lipinski definition) is 4. The van der Waals surface area contributed by atoms with Gasteiger partial charge in [-0.3, -0.25) is 19.1 Å². The fourth-order valence-electron chi connectivity index (χ4n) is 7.14. The smallest absolute Gasteiger partial charge is 0.263 e. The van der Waals surface area contributed by atoms with Crippen LogP contribution in [0.1, 0.15) is 55.7 Å². The van der Waals surface area contributed by atoms with E-state index in [-0.39, 0.29) is 16.9 Å². The van der Waals surface area contributed by atoms with Gasteiger partial charge in [-0.1, -0.05) is 109 Å². The number of aryl methyl sites for hydroxylation is 1. The molecule has 4 aromatic carbocycles. The van der Waals surface area contributed by atoms with Gasteiger partial charge in [0.2, 0.25) is 5.91 Å². The lowest BCUT2D eigenvalue weighted by Gasteiger charge is -2.42. The maximum Gasteiger partial charge on any atom is 0.263 e. The number of nitrogens with zero attached hydrogens (tertiary/aromatic N) is 3. The Balaban J connectivity index is 1.39. The summed E-state index contributed by atoms with van der Waals surface area (Å²) in [7, 11) is 0. The molecule has 45 heavy (non-hydrogen) atoms. The van der Waals surface area contributed by atoms with E-state index < -0.39 is 5.25 Å². The van der Waals surface area contributed by atoms with Gasteiger partial charge < -0.3 is 0 Å². The molecule has 1 aromatic heterocycles. The standard InChI is InChI=1S/C39H37N3O2S/c1-27-20-22-32(23-21-27)42-37(44)34-35(33-19-11-10-14-29(33)26-39(34)24-12-5-13-25-39)40-38(42)45-28(2)36(43)41(30-15-6-3-7-16-30)31-17-8-4-9-18-31/h3-4,6-11,14-23,28H,5,12-13,24-26H2,1-2H3/t28-/m1/s1. The van der Waals surface area contributed by atoms with Crippen molar-refractivity contribution in [3.05, 3.63) is 136 Å². The molecule has 1 spiro atoms. The Kier molecular flexibility index (Phi) is 7.92. The predicted octanol–water partition coefficient (Wildman–Crippen LogP) is 8.81. The number of amides is 1. The first-order valence-corrected chi connectivity index (χ1v) is 16.8. The topological polar surface area (TPSA) is 55.2 Å². The number of carbonyl (C=O) groups is 1. The minimum absolute atomic E-state index is 0.00891. The summed E-state index contributed by atoms with van der Waals surface area (Å²) in [5.74, 6) is -0.0797. The molecule has 1 heterocycles. The highest BCUT2D eigenvalue weighted by atomic mass is 32.2. The summed E-state index contributed by atoms with van der Waals surface area (Å²) in [5.41, 5.74) is 7.18. The highest BCUT2D eigenvalue weighted by molar-refractivity contribution is 8.00. The fourth-order valence-corrected chi connectivity index (χ4v) is 8.10. The Bertz CT molecular complexity index is 1860. The predicted molar refractivity (Wildman–Crippen MR) is 184 cm³/mol. The Hall–Kier alpha value is -4.42. The number of anilines is 2. The molecule has 226 valence electrons. The summed E-state index contributed by atoms with van der Waals surface area (Å²) >= 11 is 1.35. The van der Waals surface area contributed by atoms with Crippen molar-refractivity contribution in [1.29, 1.82) is 0 Å². The molecule has 0 saturated heterocycles. The van der Waals surface area contributed by atoms with Crippen LogP contribution in [0.15, 0.2) is 119 Å². The third kappa shape index (κ3) is 5.42. The highest BCUT2D eigenvalue weighted by Gasteiger charge is 2.44. The first kappa shape index (κ1) is 29.3. The number of para-hydroxylation sites is 2. The molecule has 1 saturated carbocycles. The maximum atomic E-state index is 14.9. The number of carbonyl (C=O) groups excluding carboxylic acids is 1. The number of aromatic nitrogens is 2. The molecule has 5 nitrogen and oxygen atoms in total. The lowest BCUT2D eigenvalue weighted by atomic mass is 9.62. The summed E-state index contributed by atoms with van der Waals surface area (Å²) in [6.45, 7) is 3.96. The SMILES string of the molecule is Cc1ccc(-n2c(S[C@H](C)C(=O)N(c3ccccc3)c3ccccc3)nc3c(c2=O)C2(CCCCC2)Cc2ccccc2-3)cc1. The van der Waals surface area contributed by atoms with E-state index in [9.17, 15) is 9.59 Å². The number of thioether (sulfide) groups is 1. The van der Waals surface area contributed by atoms with Crippen molar-refractivity contribution in [3.63, 3.8) is 0 Å². The molecular formula is C39H37N3O2S. The van der Waals surface area contributed by atoms with Crippen LogP contribution in [0, 0.1) is 6.92 Å². The lowest BCUT2D eigenvalue weighted by molar-refractivity contribution is -0.117. The van der Waals surface area contributed by atoms with Crippen LogP contribution in [-0.4, -0.2) is 20.7 Å². The normalized spacial score (nSPS) is 15.6. The van der Waals surface area contributed by atoms with Crippen LogP contribution in [0.25, 0.3) is 16.9 Å². The Morgan fingerprint density at radius 2 is 1.42 bits per heavy atom. The van der Waals surface area contributed by atoms with Gasteiger partial charge in [0.25, 0.3) is 5.56 Å².